The van der Waals surface area contributed by atoms with Crippen LogP contribution in [0.1, 0.15) is 19.8 Å². The second-order valence-electron chi connectivity index (χ2n) is 4.53. The summed E-state index contributed by atoms with van der Waals surface area (Å²) in [6, 6.07) is 0.221. The van der Waals surface area contributed by atoms with Gasteiger partial charge in [-0.2, -0.15) is 9.90 Å². The van der Waals surface area contributed by atoms with Gasteiger partial charge in [0.2, 0.25) is 11.8 Å². The van der Waals surface area contributed by atoms with Gasteiger partial charge in [-0.15, -0.1) is 5.10 Å². The number of hydrogen-bond donors (Lipinski definition) is 3. The molecule has 1 aromatic rings. The highest BCUT2D eigenvalue weighted by Crippen LogP contribution is 2.02. The summed E-state index contributed by atoms with van der Waals surface area (Å²) in [5.41, 5.74) is 0. The lowest BCUT2D eigenvalue weighted by atomic mass is 10.1. The Bertz CT molecular complexity index is 452. The Morgan fingerprint density at radius 1 is 1.47 bits per heavy atom. The SMILES string of the molecule is CC(=O)Nc1cnn(CC(=O)NC2CCNCC2)n1. The number of amides is 2. The first kappa shape index (κ1) is 13.5. The number of piperidine rings is 1. The van der Waals surface area contributed by atoms with Crippen LogP contribution in [0.5, 0.6) is 0 Å². The minimum absolute atomic E-state index is 0.0590. The minimum Gasteiger partial charge on any atom is -0.352 e. The maximum Gasteiger partial charge on any atom is 0.243 e. The lowest BCUT2D eigenvalue weighted by molar-refractivity contribution is -0.123. The zero-order valence-electron chi connectivity index (χ0n) is 10.8. The fourth-order valence-corrected chi connectivity index (χ4v) is 1.98. The smallest absolute Gasteiger partial charge is 0.243 e. The molecule has 1 fully saturated rings. The normalized spacial score (nSPS) is 16.1. The molecule has 2 amide bonds. The highest BCUT2D eigenvalue weighted by atomic mass is 16.2. The molecule has 19 heavy (non-hydrogen) atoms. The van der Waals surface area contributed by atoms with E-state index in [4.69, 9.17) is 0 Å². The maximum atomic E-state index is 11.8. The molecule has 1 aliphatic rings. The molecule has 8 heteroatoms. The van der Waals surface area contributed by atoms with Crippen molar-refractivity contribution >= 4 is 17.6 Å². The van der Waals surface area contributed by atoms with Crippen molar-refractivity contribution in [2.75, 3.05) is 18.4 Å². The van der Waals surface area contributed by atoms with Crippen molar-refractivity contribution in [1.82, 2.24) is 25.6 Å². The summed E-state index contributed by atoms with van der Waals surface area (Å²) in [5.74, 6) is 0.0187. The van der Waals surface area contributed by atoms with Crippen molar-refractivity contribution in [2.24, 2.45) is 0 Å². The third-order valence-electron chi connectivity index (χ3n) is 2.83. The quantitative estimate of drug-likeness (QED) is 0.656. The molecule has 0 aromatic carbocycles. The fourth-order valence-electron chi connectivity index (χ4n) is 1.98. The van der Waals surface area contributed by atoms with Gasteiger partial charge in [-0.1, -0.05) is 0 Å². The van der Waals surface area contributed by atoms with Gasteiger partial charge < -0.3 is 16.0 Å². The van der Waals surface area contributed by atoms with Gasteiger partial charge in [0.1, 0.15) is 6.54 Å². The Hall–Kier alpha value is -1.96. The Balaban J connectivity index is 1.81. The molecule has 104 valence electrons. The summed E-state index contributed by atoms with van der Waals surface area (Å²) in [5, 5.41) is 16.6. The lowest BCUT2D eigenvalue weighted by Gasteiger charge is -2.23. The third-order valence-corrected chi connectivity index (χ3v) is 2.83. The van der Waals surface area contributed by atoms with E-state index in [-0.39, 0.29) is 24.4 Å². The molecule has 1 aliphatic heterocycles. The summed E-state index contributed by atoms with van der Waals surface area (Å²) in [6.07, 6.45) is 3.30. The van der Waals surface area contributed by atoms with Crippen LogP contribution in [0.15, 0.2) is 6.20 Å². The molecule has 1 saturated heterocycles. The number of carbonyl (C=O) groups excluding carboxylic acids is 2. The summed E-state index contributed by atoms with van der Waals surface area (Å²) in [6.45, 7) is 3.31. The molecule has 0 aliphatic carbocycles. The van der Waals surface area contributed by atoms with Crippen LogP contribution in [0.4, 0.5) is 5.82 Å². The molecule has 2 rings (SSSR count). The standard InChI is InChI=1S/C11H18N6O2/c1-8(18)14-10-6-13-17(16-10)7-11(19)15-9-2-4-12-5-3-9/h6,9,12H,2-5,7H2,1H3,(H,15,19)(H,14,16,18). The summed E-state index contributed by atoms with van der Waals surface area (Å²) >= 11 is 0. The van der Waals surface area contributed by atoms with Crippen molar-refractivity contribution < 1.29 is 9.59 Å². The van der Waals surface area contributed by atoms with Gasteiger partial charge in [-0.05, 0) is 25.9 Å². The lowest BCUT2D eigenvalue weighted by Crippen LogP contribution is -2.44. The van der Waals surface area contributed by atoms with E-state index in [0.717, 1.165) is 25.9 Å². The van der Waals surface area contributed by atoms with E-state index in [0.29, 0.717) is 5.82 Å². The molecule has 2 heterocycles. The van der Waals surface area contributed by atoms with Gasteiger partial charge in [-0.25, -0.2) is 0 Å². The van der Waals surface area contributed by atoms with Crippen molar-refractivity contribution in [3.8, 4) is 0 Å². The van der Waals surface area contributed by atoms with Crippen LogP contribution in [0, 0.1) is 0 Å². The zero-order chi connectivity index (χ0) is 13.7. The molecule has 0 spiro atoms. The zero-order valence-corrected chi connectivity index (χ0v) is 10.8. The second-order valence-corrected chi connectivity index (χ2v) is 4.53. The summed E-state index contributed by atoms with van der Waals surface area (Å²) in [4.78, 5) is 23.9. The predicted octanol–water partition coefficient (Wildman–Crippen LogP) is -0.895. The minimum atomic E-state index is -0.216. The van der Waals surface area contributed by atoms with E-state index in [1.807, 2.05) is 0 Å². The number of rotatable bonds is 4. The van der Waals surface area contributed by atoms with E-state index in [2.05, 4.69) is 26.1 Å². The largest absolute Gasteiger partial charge is 0.352 e. The first-order valence-electron chi connectivity index (χ1n) is 6.31. The molecule has 0 bridgehead atoms. The first-order valence-corrected chi connectivity index (χ1v) is 6.31. The van der Waals surface area contributed by atoms with Crippen LogP contribution in [0.3, 0.4) is 0 Å². The Kier molecular flexibility index (Phi) is 4.45. The molecular formula is C11H18N6O2. The van der Waals surface area contributed by atoms with Gasteiger partial charge in [0, 0.05) is 13.0 Å². The summed E-state index contributed by atoms with van der Waals surface area (Å²) < 4.78 is 0. The average molecular weight is 266 g/mol. The molecule has 0 saturated carbocycles. The Morgan fingerprint density at radius 2 is 2.21 bits per heavy atom. The topological polar surface area (TPSA) is 101 Å². The van der Waals surface area contributed by atoms with Gasteiger partial charge in [0.15, 0.2) is 5.82 Å². The van der Waals surface area contributed by atoms with Crippen molar-refractivity contribution in [3.05, 3.63) is 6.20 Å². The number of hydrogen-bond acceptors (Lipinski definition) is 5. The van der Waals surface area contributed by atoms with Crippen molar-refractivity contribution in [3.63, 3.8) is 0 Å². The van der Waals surface area contributed by atoms with Gasteiger partial charge in [0.05, 0.1) is 6.20 Å². The number of nitrogens with one attached hydrogen (secondary N) is 3. The van der Waals surface area contributed by atoms with Crippen molar-refractivity contribution in [2.45, 2.75) is 32.4 Å². The van der Waals surface area contributed by atoms with Crippen LogP contribution < -0.4 is 16.0 Å². The highest BCUT2D eigenvalue weighted by molar-refractivity contribution is 5.87. The molecule has 3 N–H and O–H groups in total. The predicted molar refractivity (Wildman–Crippen MR) is 68.4 cm³/mol. The Labute approximate surface area is 110 Å². The molecule has 1 aromatic heterocycles. The van der Waals surface area contributed by atoms with E-state index >= 15 is 0 Å². The van der Waals surface area contributed by atoms with E-state index < -0.39 is 0 Å². The van der Waals surface area contributed by atoms with Crippen LogP contribution in [-0.2, 0) is 16.1 Å². The van der Waals surface area contributed by atoms with Crippen LogP contribution >= 0.6 is 0 Å². The van der Waals surface area contributed by atoms with Gasteiger partial charge >= 0.3 is 0 Å². The number of nitrogens with zero attached hydrogens (tertiary/aromatic N) is 3. The fraction of sp³-hybridized carbons (Fsp3) is 0.636. The van der Waals surface area contributed by atoms with Crippen LogP contribution in [0.25, 0.3) is 0 Å². The Morgan fingerprint density at radius 3 is 2.89 bits per heavy atom. The average Bonchev–Trinajstić information content (AvgIpc) is 2.76. The monoisotopic (exact) mass is 266 g/mol. The van der Waals surface area contributed by atoms with Crippen LogP contribution in [-0.4, -0.2) is 45.9 Å². The van der Waals surface area contributed by atoms with E-state index in [9.17, 15) is 9.59 Å². The highest BCUT2D eigenvalue weighted by Gasteiger charge is 2.16. The second kappa shape index (κ2) is 6.28. The molecular weight excluding hydrogens is 248 g/mol. The number of carbonyl (C=O) groups is 2. The number of aromatic nitrogens is 3. The maximum absolute atomic E-state index is 11.8. The molecule has 0 radical (unpaired) electrons. The molecule has 8 nitrogen and oxygen atoms in total. The van der Waals surface area contributed by atoms with E-state index in [1.54, 1.807) is 0 Å². The van der Waals surface area contributed by atoms with Crippen LogP contribution in [0.2, 0.25) is 0 Å². The van der Waals surface area contributed by atoms with Gasteiger partial charge in [-0.3, -0.25) is 9.59 Å². The van der Waals surface area contributed by atoms with E-state index in [1.165, 1.54) is 17.9 Å². The first-order chi connectivity index (χ1) is 9.13. The molecule has 0 unspecified atom stereocenters. The molecule has 0 atom stereocenters. The number of anilines is 1. The third kappa shape index (κ3) is 4.32. The van der Waals surface area contributed by atoms with Crippen molar-refractivity contribution in [1.29, 1.82) is 0 Å². The van der Waals surface area contributed by atoms with Gasteiger partial charge in [0.25, 0.3) is 0 Å². The summed E-state index contributed by atoms with van der Waals surface area (Å²) in [7, 11) is 0.